The van der Waals surface area contributed by atoms with Gasteiger partial charge in [0.05, 0.1) is 18.4 Å². The predicted molar refractivity (Wildman–Crippen MR) is 109 cm³/mol. The molecule has 0 saturated carbocycles. The highest BCUT2D eigenvalue weighted by atomic mass is 35.5. The molecule has 0 fully saturated rings. The van der Waals surface area contributed by atoms with Gasteiger partial charge in [-0.3, -0.25) is 0 Å². The number of nitrogens with zero attached hydrogens (tertiary/aromatic N) is 1. The van der Waals surface area contributed by atoms with Crippen LogP contribution in [0.4, 0.5) is 13.2 Å². The zero-order valence-electron chi connectivity index (χ0n) is 16.8. The first kappa shape index (κ1) is 25.2. The Morgan fingerprint density at radius 1 is 1.19 bits per heavy atom. The van der Waals surface area contributed by atoms with Gasteiger partial charge in [0, 0.05) is 25.9 Å². The lowest BCUT2D eigenvalue weighted by Crippen LogP contribution is -2.23. The van der Waals surface area contributed by atoms with Crippen LogP contribution in [0.2, 0.25) is 5.02 Å². The van der Waals surface area contributed by atoms with Crippen LogP contribution in [0, 0.1) is 0 Å². The van der Waals surface area contributed by atoms with E-state index in [1.54, 1.807) is 18.2 Å². The lowest BCUT2D eigenvalue weighted by Gasteiger charge is -2.15. The van der Waals surface area contributed by atoms with Crippen LogP contribution in [0.3, 0.4) is 0 Å². The molecular weight excluding hydrogens is 461 g/mol. The summed E-state index contributed by atoms with van der Waals surface area (Å²) in [5.41, 5.74) is -0.319. The summed E-state index contributed by atoms with van der Waals surface area (Å²) in [5.74, 6) is 0.538. The highest BCUT2D eigenvalue weighted by Crippen LogP contribution is 2.36. The van der Waals surface area contributed by atoms with Gasteiger partial charge in [-0.05, 0) is 30.5 Å². The number of rotatable bonds is 11. The van der Waals surface area contributed by atoms with Gasteiger partial charge in [0.25, 0.3) is 0 Å². The first-order chi connectivity index (χ1) is 14.5. The SMILES string of the molecule is COCCOc1ccc(CCCNS(C)(=O)=O)c(Oc2ncc(C(F)(F)F)cc2Cl)c1. The van der Waals surface area contributed by atoms with Gasteiger partial charge in [-0.1, -0.05) is 17.7 Å². The van der Waals surface area contributed by atoms with Crippen molar-refractivity contribution in [3.63, 3.8) is 0 Å². The Balaban J connectivity index is 2.23. The summed E-state index contributed by atoms with van der Waals surface area (Å²) in [6.45, 7) is 0.859. The number of alkyl halides is 3. The summed E-state index contributed by atoms with van der Waals surface area (Å²) >= 11 is 5.94. The number of hydrogen-bond acceptors (Lipinski definition) is 6. The minimum Gasteiger partial charge on any atom is -0.491 e. The third kappa shape index (κ3) is 8.52. The minimum atomic E-state index is -4.58. The number of nitrogens with one attached hydrogen (secondary N) is 1. The van der Waals surface area contributed by atoms with E-state index in [-0.39, 0.29) is 29.8 Å². The van der Waals surface area contributed by atoms with Crippen LogP contribution >= 0.6 is 11.6 Å². The lowest BCUT2D eigenvalue weighted by molar-refractivity contribution is -0.137. The quantitative estimate of drug-likeness (QED) is 0.486. The fourth-order valence-electron chi connectivity index (χ4n) is 2.47. The van der Waals surface area contributed by atoms with Gasteiger partial charge in [0.15, 0.2) is 0 Å². The van der Waals surface area contributed by atoms with Gasteiger partial charge in [0.1, 0.15) is 23.1 Å². The number of hydrogen-bond donors (Lipinski definition) is 1. The van der Waals surface area contributed by atoms with Crippen LogP contribution in [0.1, 0.15) is 17.5 Å². The standard InChI is InChI=1S/C19H22ClF3N2O5S/c1-28-8-9-29-15-6-5-13(4-3-7-25-31(2,26)27)17(11-15)30-18-16(20)10-14(12-24-18)19(21,22)23/h5-6,10-12,25H,3-4,7-9H2,1-2H3. The molecule has 0 saturated heterocycles. The second kappa shape index (κ2) is 11.0. The Bertz CT molecular complexity index is 987. The summed E-state index contributed by atoms with van der Waals surface area (Å²) in [4.78, 5) is 3.69. The van der Waals surface area contributed by atoms with E-state index in [1.165, 1.54) is 7.11 Å². The molecule has 1 heterocycles. The average molecular weight is 483 g/mol. The van der Waals surface area contributed by atoms with E-state index in [1.807, 2.05) is 0 Å². The van der Waals surface area contributed by atoms with E-state index in [0.29, 0.717) is 37.0 Å². The second-order valence-corrected chi connectivity index (χ2v) is 8.73. The van der Waals surface area contributed by atoms with Gasteiger partial charge in [-0.2, -0.15) is 13.2 Å². The maximum absolute atomic E-state index is 12.8. The van der Waals surface area contributed by atoms with Crippen molar-refractivity contribution in [1.29, 1.82) is 0 Å². The fraction of sp³-hybridized carbons (Fsp3) is 0.421. The van der Waals surface area contributed by atoms with Crippen molar-refractivity contribution < 1.29 is 35.8 Å². The molecule has 2 rings (SSSR count). The Morgan fingerprint density at radius 3 is 2.55 bits per heavy atom. The molecule has 0 aliphatic carbocycles. The zero-order chi connectivity index (χ0) is 23.1. The molecule has 7 nitrogen and oxygen atoms in total. The molecule has 0 atom stereocenters. The molecule has 0 unspecified atom stereocenters. The Morgan fingerprint density at radius 2 is 1.94 bits per heavy atom. The summed E-state index contributed by atoms with van der Waals surface area (Å²) in [7, 11) is -1.78. The van der Waals surface area contributed by atoms with E-state index in [9.17, 15) is 21.6 Å². The van der Waals surface area contributed by atoms with Gasteiger partial charge in [0.2, 0.25) is 15.9 Å². The number of aromatic nitrogens is 1. The summed E-state index contributed by atoms with van der Waals surface area (Å²) in [6.07, 6.45) is -2.00. The number of benzene rings is 1. The number of pyridine rings is 1. The molecule has 31 heavy (non-hydrogen) atoms. The van der Waals surface area contributed by atoms with Crippen molar-refractivity contribution in [2.75, 3.05) is 33.1 Å². The minimum absolute atomic E-state index is 0.195. The molecule has 0 radical (unpaired) electrons. The predicted octanol–water partition coefficient (Wildman–Crippen LogP) is 4.05. The van der Waals surface area contributed by atoms with Gasteiger partial charge in [-0.15, -0.1) is 0 Å². The highest BCUT2D eigenvalue weighted by molar-refractivity contribution is 7.88. The molecular formula is C19H22ClF3N2O5S. The first-order valence-electron chi connectivity index (χ1n) is 9.09. The maximum Gasteiger partial charge on any atom is 0.417 e. The van der Waals surface area contributed by atoms with Gasteiger partial charge >= 0.3 is 6.18 Å². The molecule has 0 spiro atoms. The molecule has 0 bridgehead atoms. The summed E-state index contributed by atoms with van der Waals surface area (Å²) in [5, 5.41) is -0.301. The lowest BCUT2D eigenvalue weighted by atomic mass is 10.1. The van der Waals surface area contributed by atoms with E-state index in [4.69, 9.17) is 25.8 Å². The highest BCUT2D eigenvalue weighted by Gasteiger charge is 2.32. The first-order valence-corrected chi connectivity index (χ1v) is 11.4. The molecule has 0 aliphatic heterocycles. The monoisotopic (exact) mass is 482 g/mol. The maximum atomic E-state index is 12.8. The summed E-state index contributed by atoms with van der Waals surface area (Å²) in [6, 6.07) is 5.71. The van der Waals surface area contributed by atoms with Crippen LogP contribution < -0.4 is 14.2 Å². The van der Waals surface area contributed by atoms with Crippen molar-refractivity contribution >= 4 is 21.6 Å². The molecule has 0 amide bonds. The van der Waals surface area contributed by atoms with Crippen LogP contribution in [0.25, 0.3) is 0 Å². The Labute approximate surface area is 183 Å². The third-order valence-electron chi connectivity index (χ3n) is 3.92. The van der Waals surface area contributed by atoms with Crippen molar-refractivity contribution in [1.82, 2.24) is 9.71 Å². The van der Waals surface area contributed by atoms with Gasteiger partial charge in [-0.25, -0.2) is 18.1 Å². The number of methoxy groups -OCH3 is 1. The number of aryl methyl sites for hydroxylation is 1. The van der Waals surface area contributed by atoms with Crippen molar-refractivity contribution in [2.45, 2.75) is 19.0 Å². The zero-order valence-corrected chi connectivity index (χ0v) is 18.4. The van der Waals surface area contributed by atoms with E-state index < -0.39 is 21.8 Å². The topological polar surface area (TPSA) is 86.8 Å². The van der Waals surface area contributed by atoms with Crippen LogP contribution in [-0.4, -0.2) is 46.5 Å². The Hall–Kier alpha value is -2.08. The van der Waals surface area contributed by atoms with Crippen LogP contribution in [0.15, 0.2) is 30.5 Å². The Kier molecular flexibility index (Phi) is 8.92. The molecule has 12 heteroatoms. The average Bonchev–Trinajstić information content (AvgIpc) is 2.66. The molecule has 1 aromatic heterocycles. The van der Waals surface area contributed by atoms with Crippen LogP contribution in [-0.2, 0) is 27.4 Å². The number of sulfonamides is 1. The van der Waals surface area contributed by atoms with Crippen molar-refractivity contribution in [3.8, 4) is 17.4 Å². The van der Waals surface area contributed by atoms with E-state index >= 15 is 0 Å². The van der Waals surface area contributed by atoms with Crippen molar-refractivity contribution in [2.24, 2.45) is 0 Å². The smallest absolute Gasteiger partial charge is 0.417 e. The van der Waals surface area contributed by atoms with E-state index in [2.05, 4.69) is 9.71 Å². The molecule has 2 aromatic rings. The van der Waals surface area contributed by atoms with Gasteiger partial charge < -0.3 is 14.2 Å². The van der Waals surface area contributed by atoms with Crippen molar-refractivity contribution in [3.05, 3.63) is 46.6 Å². The third-order valence-corrected chi connectivity index (χ3v) is 4.92. The van der Waals surface area contributed by atoms with Crippen LogP contribution in [0.5, 0.6) is 17.4 Å². The fourth-order valence-corrected chi connectivity index (χ4v) is 3.19. The summed E-state index contributed by atoms with van der Waals surface area (Å²) < 4.78 is 79.4. The molecule has 172 valence electrons. The molecule has 1 aromatic carbocycles. The normalized spacial score (nSPS) is 12.1. The second-order valence-electron chi connectivity index (χ2n) is 6.49. The largest absolute Gasteiger partial charge is 0.491 e. The van der Waals surface area contributed by atoms with E-state index in [0.717, 1.165) is 12.3 Å². The molecule has 0 aliphatic rings. The number of halogens is 4. The molecule has 1 N–H and O–H groups in total. The number of ether oxygens (including phenoxy) is 3.